The summed E-state index contributed by atoms with van der Waals surface area (Å²) in [7, 11) is 2.78. The van der Waals surface area contributed by atoms with Gasteiger partial charge in [0.2, 0.25) is 0 Å². The smallest absolute Gasteiger partial charge is 0.255 e. The van der Waals surface area contributed by atoms with E-state index in [1.54, 1.807) is 6.07 Å². The van der Waals surface area contributed by atoms with Crippen molar-refractivity contribution in [3.8, 4) is 11.5 Å². The number of phenolic OH excluding ortho intramolecular Hbond substituents is 1. The Balaban J connectivity index is 1.34. The summed E-state index contributed by atoms with van der Waals surface area (Å²) in [4.78, 5) is 16.0. The maximum absolute atomic E-state index is 13.9. The molecule has 1 saturated carbocycles. The van der Waals surface area contributed by atoms with Crippen LogP contribution in [0.15, 0.2) is 72.8 Å². The Bertz CT molecular complexity index is 1230. The van der Waals surface area contributed by atoms with Gasteiger partial charge in [-0.1, -0.05) is 45.8 Å². The van der Waals surface area contributed by atoms with Gasteiger partial charge in [-0.3, -0.25) is 9.46 Å². The summed E-state index contributed by atoms with van der Waals surface area (Å²) in [5, 5.41) is 10.2. The average molecular weight is 487 g/mol. The summed E-state index contributed by atoms with van der Waals surface area (Å²) in [6, 6.07) is 23.2. The lowest BCUT2D eigenvalue weighted by atomic mass is 9.82. The third-order valence-electron chi connectivity index (χ3n) is 7.78. The number of hydrogen-bond donors (Lipinski definition) is 1. The molecule has 180 valence electrons. The Morgan fingerprint density at radius 1 is 1.06 bits per heavy atom. The van der Waals surface area contributed by atoms with Crippen molar-refractivity contribution in [1.82, 2.24) is 9.57 Å². The molecule has 6 rings (SSSR count). The van der Waals surface area contributed by atoms with E-state index in [4.69, 9.17) is 4.74 Å². The molecule has 3 aromatic rings. The molecule has 1 amide bonds. The first-order valence-corrected chi connectivity index (χ1v) is 13.0. The van der Waals surface area contributed by atoms with Gasteiger partial charge >= 0.3 is 0 Å². The van der Waals surface area contributed by atoms with Crippen molar-refractivity contribution in [3.05, 3.63) is 95.1 Å². The molecular weight excluding hydrogens is 455 g/mol. The zero-order valence-corrected chi connectivity index (χ0v) is 20.9. The molecule has 0 radical (unpaired) electrons. The SMILES string of the molecule is O=C(c1ccccc1)N1C(c2ccc(OCC3CCN(P)C3)cc2)c2ccc(O)cc2CC12CC2. The van der Waals surface area contributed by atoms with E-state index < -0.39 is 0 Å². The van der Waals surface area contributed by atoms with Crippen LogP contribution in [0.5, 0.6) is 11.5 Å². The molecule has 3 aromatic carbocycles. The Hall–Kier alpha value is -2.88. The van der Waals surface area contributed by atoms with E-state index in [1.807, 2.05) is 54.6 Å². The van der Waals surface area contributed by atoms with Crippen LogP contribution in [-0.2, 0) is 6.42 Å². The van der Waals surface area contributed by atoms with E-state index in [0.717, 1.165) is 67.8 Å². The number of ether oxygens (including phenoxy) is 1. The highest BCUT2D eigenvalue weighted by molar-refractivity contribution is 7.13. The summed E-state index contributed by atoms with van der Waals surface area (Å²) < 4.78 is 8.38. The van der Waals surface area contributed by atoms with Gasteiger partial charge < -0.3 is 14.7 Å². The van der Waals surface area contributed by atoms with Crippen LogP contribution in [-0.4, -0.2) is 45.8 Å². The van der Waals surface area contributed by atoms with Crippen LogP contribution in [0.1, 0.15) is 52.4 Å². The Labute approximate surface area is 209 Å². The number of fused-ring (bicyclic) bond motifs is 1. The van der Waals surface area contributed by atoms with Crippen molar-refractivity contribution in [2.45, 2.75) is 37.3 Å². The standard InChI is InChI=1S/C29H31N2O3P/c32-24-8-11-26-23(16-24)17-29(13-14-29)31(28(33)22-4-2-1-3-5-22)27(26)21-6-9-25(10-7-21)34-19-20-12-15-30(35)18-20/h1-11,16,20,27,32H,12-15,17-19,35H2. The van der Waals surface area contributed by atoms with Crippen molar-refractivity contribution in [3.63, 3.8) is 0 Å². The number of aromatic hydroxyl groups is 1. The maximum Gasteiger partial charge on any atom is 0.255 e. The van der Waals surface area contributed by atoms with Gasteiger partial charge in [0.1, 0.15) is 11.5 Å². The van der Waals surface area contributed by atoms with Crippen molar-refractivity contribution < 1.29 is 14.6 Å². The third-order valence-corrected chi connectivity index (χ3v) is 8.24. The quantitative estimate of drug-likeness (QED) is 0.504. The minimum absolute atomic E-state index is 0.0652. The van der Waals surface area contributed by atoms with Crippen molar-refractivity contribution in [2.24, 2.45) is 5.92 Å². The van der Waals surface area contributed by atoms with Crippen molar-refractivity contribution >= 4 is 15.3 Å². The predicted octanol–water partition coefficient (Wildman–Crippen LogP) is 5.20. The fourth-order valence-electron chi connectivity index (χ4n) is 5.77. The second-order valence-electron chi connectivity index (χ2n) is 10.3. The van der Waals surface area contributed by atoms with E-state index >= 15 is 0 Å². The maximum atomic E-state index is 13.9. The second-order valence-corrected chi connectivity index (χ2v) is 11.0. The lowest BCUT2D eigenvalue weighted by molar-refractivity contribution is 0.0541. The number of carbonyl (C=O) groups is 1. The molecule has 5 nitrogen and oxygen atoms in total. The zero-order valence-electron chi connectivity index (χ0n) is 19.8. The van der Waals surface area contributed by atoms with Crippen LogP contribution in [0.25, 0.3) is 0 Å². The minimum atomic E-state index is -0.205. The summed E-state index contributed by atoms with van der Waals surface area (Å²) in [5.41, 5.74) is 3.81. The van der Waals surface area contributed by atoms with Crippen LogP contribution in [0.3, 0.4) is 0 Å². The van der Waals surface area contributed by atoms with Crippen LogP contribution in [0, 0.1) is 5.92 Å². The van der Waals surface area contributed by atoms with Gasteiger partial charge in [0.25, 0.3) is 5.91 Å². The number of amides is 1. The van der Waals surface area contributed by atoms with Gasteiger partial charge in [0.05, 0.1) is 12.6 Å². The van der Waals surface area contributed by atoms with Crippen LogP contribution in [0.4, 0.5) is 0 Å². The molecule has 3 unspecified atom stereocenters. The largest absolute Gasteiger partial charge is 0.508 e. The van der Waals surface area contributed by atoms with E-state index in [-0.39, 0.29) is 23.2 Å². The summed E-state index contributed by atoms with van der Waals surface area (Å²) in [6.45, 7) is 2.87. The van der Waals surface area contributed by atoms with E-state index in [9.17, 15) is 9.90 Å². The van der Waals surface area contributed by atoms with E-state index in [0.29, 0.717) is 11.5 Å². The topological polar surface area (TPSA) is 53.0 Å². The molecule has 3 aliphatic rings. The predicted molar refractivity (Wildman–Crippen MR) is 140 cm³/mol. The Kier molecular flexibility index (Phi) is 5.78. The van der Waals surface area contributed by atoms with Gasteiger partial charge in [-0.05, 0) is 78.8 Å². The minimum Gasteiger partial charge on any atom is -0.508 e. The van der Waals surface area contributed by atoms with Gasteiger partial charge in [-0.2, -0.15) is 0 Å². The highest BCUT2D eigenvalue weighted by Gasteiger charge is 2.56. The first-order chi connectivity index (χ1) is 17.0. The molecule has 1 spiro atoms. The molecule has 3 atom stereocenters. The van der Waals surface area contributed by atoms with Crippen molar-refractivity contribution in [2.75, 3.05) is 19.7 Å². The molecule has 1 N–H and O–H groups in total. The van der Waals surface area contributed by atoms with Gasteiger partial charge in [0, 0.05) is 30.1 Å². The highest BCUT2D eigenvalue weighted by atomic mass is 31.0. The van der Waals surface area contributed by atoms with Crippen LogP contribution in [0.2, 0.25) is 0 Å². The van der Waals surface area contributed by atoms with Gasteiger partial charge in [0.15, 0.2) is 0 Å². The molecule has 2 aliphatic heterocycles. The molecule has 2 fully saturated rings. The molecule has 2 heterocycles. The average Bonchev–Trinajstić information content (AvgIpc) is 3.51. The summed E-state index contributed by atoms with van der Waals surface area (Å²) in [5.74, 6) is 1.76. The lowest BCUT2D eigenvalue weighted by Crippen LogP contribution is -2.49. The lowest BCUT2D eigenvalue weighted by Gasteiger charge is -2.44. The van der Waals surface area contributed by atoms with Crippen molar-refractivity contribution in [1.29, 1.82) is 0 Å². The first kappa shape index (κ1) is 22.6. The summed E-state index contributed by atoms with van der Waals surface area (Å²) >= 11 is 0. The molecule has 1 aliphatic carbocycles. The number of nitrogens with zero attached hydrogens (tertiary/aromatic N) is 2. The molecule has 6 heteroatoms. The second kappa shape index (κ2) is 8.96. The number of phenols is 1. The number of hydrogen-bond acceptors (Lipinski definition) is 4. The normalized spacial score (nSPS) is 22.7. The van der Waals surface area contributed by atoms with Gasteiger partial charge in [-0.25, -0.2) is 0 Å². The fourth-order valence-corrected chi connectivity index (χ4v) is 6.21. The zero-order chi connectivity index (χ0) is 24.0. The van der Waals surface area contributed by atoms with Crippen LogP contribution < -0.4 is 4.74 Å². The monoisotopic (exact) mass is 486 g/mol. The summed E-state index contributed by atoms with van der Waals surface area (Å²) in [6.07, 6.45) is 3.89. The van der Waals surface area contributed by atoms with E-state index in [2.05, 4.69) is 31.1 Å². The number of benzene rings is 3. The highest BCUT2D eigenvalue weighted by Crippen LogP contribution is 2.55. The van der Waals surface area contributed by atoms with Crippen LogP contribution >= 0.6 is 9.39 Å². The molecular formula is C29H31N2O3P. The Morgan fingerprint density at radius 2 is 1.83 bits per heavy atom. The number of carbonyl (C=O) groups excluding carboxylic acids is 1. The fraction of sp³-hybridized carbons (Fsp3) is 0.345. The molecule has 0 aromatic heterocycles. The molecule has 35 heavy (non-hydrogen) atoms. The third kappa shape index (κ3) is 4.32. The van der Waals surface area contributed by atoms with E-state index in [1.165, 1.54) is 0 Å². The molecule has 1 saturated heterocycles. The first-order valence-electron chi connectivity index (χ1n) is 12.5. The number of rotatable bonds is 5. The Morgan fingerprint density at radius 3 is 2.51 bits per heavy atom. The molecule has 0 bridgehead atoms. The van der Waals surface area contributed by atoms with Gasteiger partial charge in [-0.15, -0.1) is 0 Å².